The van der Waals surface area contributed by atoms with Gasteiger partial charge in [-0.05, 0) is 30.5 Å². The minimum absolute atomic E-state index is 0. The van der Waals surface area contributed by atoms with Crippen LogP contribution in [0.5, 0.6) is 0 Å². The summed E-state index contributed by atoms with van der Waals surface area (Å²) in [7, 11) is 0. The van der Waals surface area contributed by atoms with Crippen LogP contribution in [0.2, 0.25) is 0 Å². The summed E-state index contributed by atoms with van der Waals surface area (Å²) in [6.07, 6.45) is 0. The molecule has 1 aromatic carbocycles. The van der Waals surface area contributed by atoms with Gasteiger partial charge in [-0.25, -0.2) is 0 Å². The lowest BCUT2D eigenvalue weighted by Gasteiger charge is -2.01. The Morgan fingerprint density at radius 3 is 2.73 bits per heavy atom. The number of aromatic amines is 1. The summed E-state index contributed by atoms with van der Waals surface area (Å²) >= 11 is 0. The van der Waals surface area contributed by atoms with Crippen molar-refractivity contribution in [2.24, 2.45) is 5.73 Å². The summed E-state index contributed by atoms with van der Waals surface area (Å²) in [5.74, 6) is 0. The smallest absolute Gasteiger partial charge is 0.252 e. The van der Waals surface area contributed by atoms with Crippen molar-refractivity contribution in [3.8, 4) is 0 Å². The van der Waals surface area contributed by atoms with Crippen LogP contribution in [0.25, 0.3) is 10.9 Å². The van der Waals surface area contributed by atoms with E-state index in [1.807, 2.05) is 31.2 Å². The molecule has 1 heterocycles. The van der Waals surface area contributed by atoms with Crippen molar-refractivity contribution in [1.82, 2.24) is 4.98 Å². The van der Waals surface area contributed by atoms with Crippen LogP contribution < -0.4 is 11.3 Å². The van der Waals surface area contributed by atoms with Crippen molar-refractivity contribution in [2.45, 2.75) is 13.5 Å². The van der Waals surface area contributed by atoms with Crippen LogP contribution in [-0.2, 0) is 6.54 Å². The van der Waals surface area contributed by atoms with Gasteiger partial charge in [0, 0.05) is 17.6 Å². The quantitative estimate of drug-likeness (QED) is 0.775. The molecular formula is C11H13ClN2O. The third-order valence-electron chi connectivity index (χ3n) is 2.30. The molecule has 0 aliphatic rings. The van der Waals surface area contributed by atoms with Gasteiger partial charge in [-0.3, -0.25) is 4.79 Å². The normalized spacial score (nSPS) is 10.0. The number of benzene rings is 1. The summed E-state index contributed by atoms with van der Waals surface area (Å²) in [6, 6.07) is 7.76. The summed E-state index contributed by atoms with van der Waals surface area (Å²) in [5, 5.41) is 1.03. The summed E-state index contributed by atoms with van der Waals surface area (Å²) < 4.78 is 0. The number of H-pyrrole nitrogens is 1. The lowest BCUT2D eigenvalue weighted by molar-refractivity contribution is 1.03. The van der Waals surface area contributed by atoms with E-state index in [2.05, 4.69) is 4.98 Å². The highest BCUT2D eigenvalue weighted by molar-refractivity contribution is 5.85. The second kappa shape index (κ2) is 4.47. The van der Waals surface area contributed by atoms with E-state index in [0.717, 1.165) is 10.9 Å². The van der Waals surface area contributed by atoms with E-state index in [1.54, 1.807) is 0 Å². The van der Waals surface area contributed by atoms with Gasteiger partial charge in [0.25, 0.3) is 5.56 Å². The van der Waals surface area contributed by atoms with Crippen LogP contribution in [0.3, 0.4) is 0 Å². The number of nitrogens with one attached hydrogen (secondary N) is 1. The third kappa shape index (κ3) is 2.19. The number of aromatic nitrogens is 1. The van der Waals surface area contributed by atoms with Crippen molar-refractivity contribution in [2.75, 3.05) is 0 Å². The summed E-state index contributed by atoms with van der Waals surface area (Å²) in [5.41, 5.74) is 8.03. The van der Waals surface area contributed by atoms with Crippen LogP contribution in [0.15, 0.2) is 29.1 Å². The topological polar surface area (TPSA) is 58.9 Å². The molecule has 0 amide bonds. The first-order chi connectivity index (χ1) is 6.70. The number of hydrogen-bond donors (Lipinski definition) is 2. The number of aryl methyl sites for hydroxylation is 1. The zero-order chi connectivity index (χ0) is 10.1. The molecule has 3 N–H and O–H groups in total. The molecule has 0 aliphatic carbocycles. The number of hydrogen-bond acceptors (Lipinski definition) is 2. The molecule has 1 aromatic heterocycles. The van der Waals surface area contributed by atoms with Crippen molar-refractivity contribution in [1.29, 1.82) is 0 Å². The van der Waals surface area contributed by atoms with Gasteiger partial charge in [-0.1, -0.05) is 11.6 Å². The van der Waals surface area contributed by atoms with Crippen molar-refractivity contribution >= 4 is 23.3 Å². The van der Waals surface area contributed by atoms with Gasteiger partial charge in [0.2, 0.25) is 0 Å². The molecule has 0 bridgehead atoms. The highest BCUT2D eigenvalue weighted by atomic mass is 35.5. The predicted molar refractivity (Wildman–Crippen MR) is 64.4 cm³/mol. The molecular weight excluding hydrogens is 212 g/mol. The summed E-state index contributed by atoms with van der Waals surface area (Å²) in [4.78, 5) is 14.2. The van der Waals surface area contributed by atoms with Gasteiger partial charge in [0.1, 0.15) is 0 Å². The van der Waals surface area contributed by atoms with Crippen molar-refractivity contribution in [3.63, 3.8) is 0 Å². The first kappa shape index (κ1) is 11.8. The number of rotatable bonds is 1. The average Bonchev–Trinajstić information content (AvgIpc) is 2.17. The Bertz CT molecular complexity index is 534. The number of halogens is 1. The van der Waals surface area contributed by atoms with Crippen LogP contribution >= 0.6 is 12.4 Å². The van der Waals surface area contributed by atoms with E-state index in [9.17, 15) is 4.79 Å². The zero-order valence-corrected chi connectivity index (χ0v) is 9.23. The van der Waals surface area contributed by atoms with Crippen LogP contribution in [0.1, 0.15) is 11.1 Å². The minimum Gasteiger partial charge on any atom is -0.326 e. The van der Waals surface area contributed by atoms with Crippen molar-refractivity contribution < 1.29 is 0 Å². The minimum atomic E-state index is -0.0937. The molecule has 0 saturated heterocycles. The maximum atomic E-state index is 11.4. The van der Waals surface area contributed by atoms with Gasteiger partial charge in [0.15, 0.2) is 0 Å². The van der Waals surface area contributed by atoms with E-state index in [4.69, 9.17) is 5.73 Å². The Labute approximate surface area is 93.7 Å². The second-order valence-corrected chi connectivity index (χ2v) is 3.42. The molecule has 0 fully saturated rings. The lowest BCUT2D eigenvalue weighted by atomic mass is 10.1. The molecule has 0 radical (unpaired) electrons. The molecule has 3 nitrogen and oxygen atoms in total. The highest BCUT2D eigenvalue weighted by Crippen LogP contribution is 2.12. The summed E-state index contributed by atoms with van der Waals surface area (Å²) in [6.45, 7) is 2.30. The third-order valence-corrected chi connectivity index (χ3v) is 2.30. The average molecular weight is 225 g/mol. The van der Waals surface area contributed by atoms with Gasteiger partial charge in [0.05, 0.1) is 0 Å². The fourth-order valence-corrected chi connectivity index (χ4v) is 1.52. The van der Waals surface area contributed by atoms with Gasteiger partial charge in [-0.15, -0.1) is 12.4 Å². The van der Waals surface area contributed by atoms with Crippen LogP contribution in [0, 0.1) is 6.92 Å². The lowest BCUT2D eigenvalue weighted by Crippen LogP contribution is -2.15. The monoisotopic (exact) mass is 224 g/mol. The van der Waals surface area contributed by atoms with Crippen molar-refractivity contribution in [3.05, 3.63) is 45.7 Å². The maximum Gasteiger partial charge on any atom is 0.252 e. The SMILES string of the molecule is Cc1ccc2[nH]c(=O)c(CN)cc2c1.Cl. The Hall–Kier alpha value is -1.32. The van der Waals surface area contributed by atoms with E-state index in [1.165, 1.54) is 5.56 Å². The molecule has 2 rings (SSSR count). The molecule has 2 aromatic rings. The zero-order valence-electron chi connectivity index (χ0n) is 8.41. The number of nitrogens with two attached hydrogens (primary N) is 1. The van der Waals surface area contributed by atoms with E-state index in [-0.39, 0.29) is 24.5 Å². The highest BCUT2D eigenvalue weighted by Gasteiger charge is 2.00. The van der Waals surface area contributed by atoms with Crippen LogP contribution in [-0.4, -0.2) is 4.98 Å². The number of pyridine rings is 1. The molecule has 0 atom stereocenters. The molecule has 0 unspecified atom stereocenters. The maximum absolute atomic E-state index is 11.4. The molecule has 0 aliphatic heterocycles. The first-order valence-electron chi connectivity index (χ1n) is 4.53. The Kier molecular flexibility index (Phi) is 3.50. The second-order valence-electron chi connectivity index (χ2n) is 3.42. The van der Waals surface area contributed by atoms with Crippen LogP contribution in [0.4, 0.5) is 0 Å². The Balaban J connectivity index is 0.00000112. The van der Waals surface area contributed by atoms with E-state index >= 15 is 0 Å². The Morgan fingerprint density at radius 2 is 2.07 bits per heavy atom. The first-order valence-corrected chi connectivity index (χ1v) is 4.53. The number of fused-ring (bicyclic) bond motifs is 1. The van der Waals surface area contributed by atoms with E-state index in [0.29, 0.717) is 5.56 Å². The molecule has 80 valence electrons. The largest absolute Gasteiger partial charge is 0.326 e. The standard InChI is InChI=1S/C11H12N2O.ClH/c1-7-2-3-10-8(4-7)5-9(6-12)11(14)13-10;/h2-5H,6,12H2,1H3,(H,13,14);1H. The molecule has 15 heavy (non-hydrogen) atoms. The van der Waals surface area contributed by atoms with Gasteiger partial charge < -0.3 is 10.7 Å². The fraction of sp³-hybridized carbons (Fsp3) is 0.182. The van der Waals surface area contributed by atoms with Gasteiger partial charge >= 0.3 is 0 Å². The fourth-order valence-electron chi connectivity index (χ4n) is 1.52. The molecule has 0 spiro atoms. The molecule has 4 heteroatoms. The van der Waals surface area contributed by atoms with Gasteiger partial charge in [-0.2, -0.15) is 0 Å². The van der Waals surface area contributed by atoms with E-state index < -0.39 is 0 Å². The predicted octanol–water partition coefficient (Wildman–Crippen LogP) is 1.72. The Morgan fingerprint density at radius 1 is 1.33 bits per heavy atom. The molecule has 0 saturated carbocycles.